The number of sulfonamides is 1. The van der Waals surface area contributed by atoms with Gasteiger partial charge >= 0.3 is 5.97 Å². The van der Waals surface area contributed by atoms with E-state index in [1.54, 1.807) is 12.1 Å². The van der Waals surface area contributed by atoms with Gasteiger partial charge in [0.1, 0.15) is 0 Å². The number of nitrogens with one attached hydrogen (secondary N) is 2. The maximum absolute atomic E-state index is 12.5. The molecule has 4 aromatic carbocycles. The topological polar surface area (TPSA) is 123 Å². The van der Waals surface area contributed by atoms with E-state index >= 15 is 0 Å². The van der Waals surface area contributed by atoms with E-state index in [0.717, 1.165) is 0 Å². The van der Waals surface area contributed by atoms with Gasteiger partial charge in [-0.25, -0.2) is 18.6 Å². The lowest BCUT2D eigenvalue weighted by molar-refractivity contribution is 0.0729. The van der Waals surface area contributed by atoms with E-state index in [1.807, 2.05) is 0 Å². The quantitative estimate of drug-likeness (QED) is 0.0948. The molecular formula is C28H20Cl3N3O6S. The SMILES string of the molecule is COc1cc(/C=N\NC(=O)c2ccc(NS(=O)(=O)c3ccc(Cl)cc3)cc2)ccc1OC(=O)c1ccc(Cl)c(Cl)c1. The number of methoxy groups -OCH3 is 1. The number of esters is 1. The fraction of sp³-hybridized carbons (Fsp3) is 0.0357. The molecule has 0 aliphatic heterocycles. The van der Waals surface area contributed by atoms with Crippen LogP contribution in [0.2, 0.25) is 15.1 Å². The Morgan fingerprint density at radius 2 is 1.49 bits per heavy atom. The zero-order valence-electron chi connectivity index (χ0n) is 21.1. The summed E-state index contributed by atoms with van der Waals surface area (Å²) in [6.45, 7) is 0. The molecule has 0 saturated carbocycles. The van der Waals surface area contributed by atoms with E-state index in [2.05, 4.69) is 15.2 Å². The standard InChI is InChI=1S/C28H20Cl3N3O6S/c1-39-26-14-17(2-13-25(26)40-28(36)19-5-12-23(30)24(31)15-19)16-32-33-27(35)18-3-8-21(9-4-18)34-41(37,38)22-10-6-20(29)7-11-22/h2-16,34H,1H3,(H,33,35)/b32-16-. The first kappa shape index (κ1) is 29.9. The number of benzene rings is 4. The average molecular weight is 633 g/mol. The molecular weight excluding hydrogens is 613 g/mol. The maximum Gasteiger partial charge on any atom is 0.343 e. The minimum Gasteiger partial charge on any atom is -0.493 e. The number of ether oxygens (including phenoxy) is 2. The highest BCUT2D eigenvalue weighted by Gasteiger charge is 2.16. The van der Waals surface area contributed by atoms with Crippen LogP contribution in [-0.2, 0) is 10.0 Å². The summed E-state index contributed by atoms with van der Waals surface area (Å²) >= 11 is 17.7. The Balaban J connectivity index is 1.36. The Labute approximate surface area is 250 Å². The number of hydrogen-bond donors (Lipinski definition) is 2. The Kier molecular flexibility index (Phi) is 9.51. The van der Waals surface area contributed by atoms with Crippen molar-refractivity contribution >= 4 is 68.6 Å². The molecule has 0 aromatic heterocycles. The molecule has 0 aliphatic rings. The van der Waals surface area contributed by atoms with Crippen LogP contribution in [0.1, 0.15) is 26.3 Å². The summed E-state index contributed by atoms with van der Waals surface area (Å²) in [7, 11) is -2.41. The van der Waals surface area contributed by atoms with Crippen molar-refractivity contribution in [3.05, 3.63) is 117 Å². The zero-order valence-corrected chi connectivity index (χ0v) is 24.2. The molecule has 0 unspecified atom stereocenters. The molecule has 1 amide bonds. The van der Waals surface area contributed by atoms with Crippen molar-refractivity contribution in [2.45, 2.75) is 4.90 Å². The van der Waals surface area contributed by atoms with E-state index in [9.17, 15) is 18.0 Å². The van der Waals surface area contributed by atoms with Crippen molar-refractivity contribution in [2.75, 3.05) is 11.8 Å². The normalized spacial score (nSPS) is 11.2. The molecule has 210 valence electrons. The van der Waals surface area contributed by atoms with Gasteiger partial charge in [0.25, 0.3) is 15.9 Å². The second kappa shape index (κ2) is 13.0. The number of rotatable bonds is 9. The molecule has 2 N–H and O–H groups in total. The first-order valence-electron chi connectivity index (χ1n) is 11.6. The fourth-order valence-electron chi connectivity index (χ4n) is 3.38. The van der Waals surface area contributed by atoms with Gasteiger partial charge in [0.05, 0.1) is 33.8 Å². The third kappa shape index (κ3) is 7.77. The Morgan fingerprint density at radius 1 is 0.805 bits per heavy atom. The molecule has 4 rings (SSSR count). The predicted molar refractivity (Wildman–Crippen MR) is 158 cm³/mol. The monoisotopic (exact) mass is 631 g/mol. The summed E-state index contributed by atoms with van der Waals surface area (Å²) in [5, 5.41) is 4.89. The molecule has 0 heterocycles. The summed E-state index contributed by atoms with van der Waals surface area (Å²) in [4.78, 5) is 25.0. The Bertz CT molecular complexity index is 1730. The predicted octanol–water partition coefficient (Wildman–Crippen LogP) is 6.44. The molecule has 0 spiro atoms. The van der Waals surface area contributed by atoms with Gasteiger partial charge in [-0.15, -0.1) is 0 Å². The van der Waals surface area contributed by atoms with Gasteiger partial charge in [0, 0.05) is 16.3 Å². The number of amides is 1. The third-order valence-electron chi connectivity index (χ3n) is 5.45. The number of hydrazone groups is 1. The number of hydrogen-bond acceptors (Lipinski definition) is 7. The summed E-state index contributed by atoms with van der Waals surface area (Å²) < 4.78 is 38.2. The van der Waals surface area contributed by atoms with Crippen LogP contribution < -0.4 is 19.6 Å². The molecule has 0 saturated heterocycles. The van der Waals surface area contributed by atoms with E-state index in [0.29, 0.717) is 15.6 Å². The van der Waals surface area contributed by atoms with Crippen LogP contribution in [0.15, 0.2) is 94.9 Å². The summed E-state index contributed by atoms with van der Waals surface area (Å²) in [5.41, 5.74) is 3.67. The highest BCUT2D eigenvalue weighted by atomic mass is 35.5. The van der Waals surface area contributed by atoms with Crippen molar-refractivity contribution < 1.29 is 27.5 Å². The molecule has 13 heteroatoms. The first-order valence-corrected chi connectivity index (χ1v) is 14.2. The molecule has 0 atom stereocenters. The molecule has 0 radical (unpaired) electrons. The summed E-state index contributed by atoms with van der Waals surface area (Å²) in [6, 6.07) is 20.6. The minimum atomic E-state index is -3.82. The molecule has 0 bridgehead atoms. The second-order valence-corrected chi connectivity index (χ2v) is 11.2. The Hall–Kier alpha value is -4.09. The number of carbonyl (C=O) groups excluding carboxylic acids is 2. The van der Waals surface area contributed by atoms with Gasteiger partial charge in [-0.05, 0) is 90.5 Å². The minimum absolute atomic E-state index is 0.0485. The summed E-state index contributed by atoms with van der Waals surface area (Å²) in [6.07, 6.45) is 1.37. The van der Waals surface area contributed by atoms with Gasteiger partial charge in [-0.1, -0.05) is 34.8 Å². The van der Waals surface area contributed by atoms with Crippen LogP contribution in [0.5, 0.6) is 11.5 Å². The zero-order chi connectivity index (χ0) is 29.6. The van der Waals surface area contributed by atoms with Gasteiger partial charge < -0.3 is 9.47 Å². The maximum atomic E-state index is 12.5. The van der Waals surface area contributed by atoms with Gasteiger partial charge in [0.15, 0.2) is 11.5 Å². The second-order valence-electron chi connectivity index (χ2n) is 8.26. The smallest absolute Gasteiger partial charge is 0.343 e. The lowest BCUT2D eigenvalue weighted by atomic mass is 10.2. The molecule has 9 nitrogen and oxygen atoms in total. The highest BCUT2D eigenvalue weighted by Crippen LogP contribution is 2.29. The number of anilines is 1. The summed E-state index contributed by atoms with van der Waals surface area (Å²) in [5.74, 6) is -0.756. The molecule has 41 heavy (non-hydrogen) atoms. The molecule has 0 aliphatic carbocycles. The van der Waals surface area contributed by atoms with Gasteiger partial charge in [-0.2, -0.15) is 5.10 Å². The lowest BCUT2D eigenvalue weighted by Gasteiger charge is -2.10. The van der Waals surface area contributed by atoms with E-state index in [1.165, 1.54) is 86.1 Å². The van der Waals surface area contributed by atoms with Crippen LogP contribution in [-0.4, -0.2) is 33.6 Å². The average Bonchev–Trinajstić information content (AvgIpc) is 2.95. The van der Waals surface area contributed by atoms with Crippen molar-refractivity contribution in [3.63, 3.8) is 0 Å². The van der Waals surface area contributed by atoms with Crippen molar-refractivity contribution in [3.8, 4) is 11.5 Å². The number of carbonyl (C=O) groups is 2. The lowest BCUT2D eigenvalue weighted by Crippen LogP contribution is -2.18. The van der Waals surface area contributed by atoms with Crippen LogP contribution in [0.25, 0.3) is 0 Å². The van der Waals surface area contributed by atoms with Crippen LogP contribution in [0.3, 0.4) is 0 Å². The van der Waals surface area contributed by atoms with Crippen molar-refractivity contribution in [1.29, 1.82) is 0 Å². The Morgan fingerprint density at radius 3 is 2.15 bits per heavy atom. The molecule has 0 fully saturated rings. The van der Waals surface area contributed by atoms with Gasteiger partial charge in [-0.3, -0.25) is 9.52 Å². The number of nitrogens with zero attached hydrogens (tertiary/aromatic N) is 1. The molecule has 4 aromatic rings. The van der Waals surface area contributed by atoms with Crippen molar-refractivity contribution in [1.82, 2.24) is 5.43 Å². The van der Waals surface area contributed by atoms with E-state index in [-0.39, 0.29) is 38.2 Å². The number of halogens is 3. The third-order valence-corrected chi connectivity index (χ3v) is 7.84. The van der Waals surface area contributed by atoms with E-state index in [4.69, 9.17) is 44.3 Å². The van der Waals surface area contributed by atoms with Crippen molar-refractivity contribution in [2.24, 2.45) is 5.10 Å². The fourth-order valence-corrected chi connectivity index (χ4v) is 4.86. The van der Waals surface area contributed by atoms with Crippen LogP contribution in [0.4, 0.5) is 5.69 Å². The van der Waals surface area contributed by atoms with Crippen LogP contribution >= 0.6 is 34.8 Å². The van der Waals surface area contributed by atoms with Crippen LogP contribution in [0, 0.1) is 0 Å². The highest BCUT2D eigenvalue weighted by molar-refractivity contribution is 7.92. The van der Waals surface area contributed by atoms with E-state index < -0.39 is 21.9 Å². The van der Waals surface area contributed by atoms with Gasteiger partial charge in [0.2, 0.25) is 0 Å². The first-order chi connectivity index (χ1) is 19.6. The largest absolute Gasteiger partial charge is 0.493 e.